The highest BCUT2D eigenvalue weighted by atomic mass is 32.1. The minimum absolute atomic E-state index is 0.0959. The molecule has 1 amide bonds. The number of thiocarbonyl (C=S) groups is 1. The third-order valence-electron chi connectivity index (χ3n) is 2.85. The topological polar surface area (TPSA) is 75.8 Å². The molecule has 0 radical (unpaired) electrons. The van der Waals surface area contributed by atoms with Crippen LogP contribution in [-0.2, 0) is 4.74 Å². The second kappa shape index (κ2) is 5.50. The van der Waals surface area contributed by atoms with Gasteiger partial charge in [-0.3, -0.25) is 4.79 Å². The van der Waals surface area contributed by atoms with Gasteiger partial charge >= 0.3 is 0 Å². The van der Waals surface area contributed by atoms with Gasteiger partial charge in [-0.15, -0.1) is 0 Å². The number of ether oxygens (including phenoxy) is 1. The number of nitrogens with two attached hydrogens (primary N) is 1. The van der Waals surface area contributed by atoms with Crippen LogP contribution in [0.4, 0.5) is 4.39 Å². The summed E-state index contributed by atoms with van der Waals surface area (Å²) < 4.78 is 18.9. The number of carbonyl (C=O) groups is 1. The summed E-state index contributed by atoms with van der Waals surface area (Å²) in [5.74, 6) is -1.46. The van der Waals surface area contributed by atoms with E-state index in [1.165, 1.54) is 17.0 Å². The Hall–Kier alpha value is -1.73. The first-order valence-corrected chi connectivity index (χ1v) is 6.08. The standard InChI is InChI=1S/C12H13FN2O3S/c13-9-5-7(16)1-2-8(9)12(17)15-3-4-18-10(6-15)11(14)19/h1-2,5,10,16H,3-4,6H2,(H2,14,19). The molecule has 1 aromatic rings. The maximum absolute atomic E-state index is 13.6. The lowest BCUT2D eigenvalue weighted by Gasteiger charge is -2.32. The van der Waals surface area contributed by atoms with Gasteiger partial charge in [0.1, 0.15) is 22.7 Å². The van der Waals surface area contributed by atoms with Gasteiger partial charge in [-0.05, 0) is 12.1 Å². The van der Waals surface area contributed by atoms with Crippen molar-refractivity contribution in [1.82, 2.24) is 4.90 Å². The Balaban J connectivity index is 2.17. The molecule has 1 saturated heterocycles. The normalized spacial score (nSPS) is 19.2. The second-order valence-corrected chi connectivity index (χ2v) is 4.65. The molecule has 0 bridgehead atoms. The highest BCUT2D eigenvalue weighted by molar-refractivity contribution is 7.80. The predicted molar refractivity (Wildman–Crippen MR) is 70.5 cm³/mol. The zero-order chi connectivity index (χ0) is 14.0. The molecule has 7 heteroatoms. The molecule has 1 aliphatic heterocycles. The fourth-order valence-corrected chi connectivity index (χ4v) is 2.00. The monoisotopic (exact) mass is 284 g/mol. The van der Waals surface area contributed by atoms with E-state index >= 15 is 0 Å². The van der Waals surface area contributed by atoms with Crippen LogP contribution in [0, 0.1) is 5.82 Å². The summed E-state index contributed by atoms with van der Waals surface area (Å²) >= 11 is 4.82. The smallest absolute Gasteiger partial charge is 0.257 e. The van der Waals surface area contributed by atoms with Crippen LogP contribution in [0.2, 0.25) is 0 Å². The van der Waals surface area contributed by atoms with Crippen LogP contribution in [0.5, 0.6) is 5.75 Å². The molecule has 0 aliphatic carbocycles. The van der Waals surface area contributed by atoms with Crippen molar-refractivity contribution >= 4 is 23.1 Å². The lowest BCUT2D eigenvalue weighted by Crippen LogP contribution is -2.50. The number of carbonyl (C=O) groups excluding carboxylic acids is 1. The van der Waals surface area contributed by atoms with Gasteiger partial charge in [0.15, 0.2) is 0 Å². The van der Waals surface area contributed by atoms with Crippen LogP contribution in [0.25, 0.3) is 0 Å². The van der Waals surface area contributed by atoms with Crippen molar-refractivity contribution < 1.29 is 19.0 Å². The SMILES string of the molecule is NC(=S)C1CN(C(=O)c2ccc(O)cc2F)CCO1. The minimum Gasteiger partial charge on any atom is -0.508 e. The van der Waals surface area contributed by atoms with Crippen molar-refractivity contribution in [3.8, 4) is 5.75 Å². The molecule has 1 atom stereocenters. The number of benzene rings is 1. The van der Waals surface area contributed by atoms with Crippen LogP contribution in [-0.4, -0.2) is 46.7 Å². The molecular formula is C12H13FN2O3S. The summed E-state index contributed by atoms with van der Waals surface area (Å²) in [6.45, 7) is 0.847. The number of rotatable bonds is 2. The van der Waals surface area contributed by atoms with Gasteiger partial charge in [0.25, 0.3) is 5.91 Å². The van der Waals surface area contributed by atoms with Gasteiger partial charge in [0, 0.05) is 12.6 Å². The molecule has 2 rings (SSSR count). The number of aromatic hydroxyl groups is 1. The molecule has 0 saturated carbocycles. The first kappa shape index (κ1) is 13.7. The minimum atomic E-state index is -0.761. The molecule has 1 heterocycles. The lowest BCUT2D eigenvalue weighted by molar-refractivity contribution is 0.00856. The van der Waals surface area contributed by atoms with E-state index < -0.39 is 17.8 Å². The Morgan fingerprint density at radius 1 is 1.58 bits per heavy atom. The molecule has 102 valence electrons. The number of hydrogen-bond acceptors (Lipinski definition) is 4. The number of phenols is 1. The van der Waals surface area contributed by atoms with E-state index in [0.717, 1.165) is 6.07 Å². The largest absolute Gasteiger partial charge is 0.508 e. The van der Waals surface area contributed by atoms with Crippen LogP contribution in [0.15, 0.2) is 18.2 Å². The fourth-order valence-electron chi connectivity index (χ4n) is 1.85. The molecule has 3 N–H and O–H groups in total. The maximum Gasteiger partial charge on any atom is 0.257 e. The summed E-state index contributed by atoms with van der Waals surface area (Å²) in [7, 11) is 0. The third-order valence-corrected chi connectivity index (χ3v) is 3.12. The Labute approximate surface area is 114 Å². The Morgan fingerprint density at radius 2 is 2.32 bits per heavy atom. The van der Waals surface area contributed by atoms with E-state index in [0.29, 0.717) is 13.2 Å². The quantitative estimate of drug-likeness (QED) is 0.780. The van der Waals surface area contributed by atoms with E-state index in [-0.39, 0.29) is 22.8 Å². The molecule has 1 aliphatic rings. The molecule has 5 nitrogen and oxygen atoms in total. The van der Waals surface area contributed by atoms with Crippen LogP contribution < -0.4 is 5.73 Å². The first-order valence-electron chi connectivity index (χ1n) is 5.67. The molecule has 1 unspecified atom stereocenters. The van der Waals surface area contributed by atoms with Crippen LogP contribution in [0.3, 0.4) is 0 Å². The van der Waals surface area contributed by atoms with E-state index in [1.807, 2.05) is 0 Å². The Kier molecular flexibility index (Phi) is 3.96. The van der Waals surface area contributed by atoms with Gasteiger partial charge < -0.3 is 20.5 Å². The summed E-state index contributed by atoms with van der Waals surface area (Å²) in [6, 6.07) is 3.42. The Morgan fingerprint density at radius 3 is 2.95 bits per heavy atom. The molecule has 1 aromatic carbocycles. The summed E-state index contributed by atoms with van der Waals surface area (Å²) in [5.41, 5.74) is 5.38. The van der Waals surface area contributed by atoms with Gasteiger partial charge in [-0.25, -0.2) is 4.39 Å². The Bertz CT molecular complexity index is 524. The van der Waals surface area contributed by atoms with E-state index in [1.54, 1.807) is 0 Å². The van der Waals surface area contributed by atoms with Crippen LogP contribution in [0.1, 0.15) is 10.4 Å². The molecule has 0 spiro atoms. The molecule has 1 fully saturated rings. The second-order valence-electron chi connectivity index (χ2n) is 4.18. The van der Waals surface area contributed by atoms with Crippen molar-refractivity contribution in [1.29, 1.82) is 0 Å². The zero-order valence-electron chi connectivity index (χ0n) is 10.0. The number of hydrogen-bond donors (Lipinski definition) is 2. The van der Waals surface area contributed by atoms with Crippen molar-refractivity contribution in [3.63, 3.8) is 0 Å². The maximum atomic E-state index is 13.6. The molecular weight excluding hydrogens is 271 g/mol. The average molecular weight is 284 g/mol. The lowest BCUT2D eigenvalue weighted by atomic mass is 10.1. The van der Waals surface area contributed by atoms with Gasteiger partial charge in [0.05, 0.1) is 18.7 Å². The summed E-state index contributed by atoms with van der Waals surface area (Å²) in [4.78, 5) is 13.8. The molecule has 19 heavy (non-hydrogen) atoms. The summed E-state index contributed by atoms with van der Waals surface area (Å²) in [6.07, 6.45) is -0.507. The van der Waals surface area contributed by atoms with Gasteiger partial charge in [0.2, 0.25) is 0 Å². The number of morpholine rings is 1. The van der Waals surface area contributed by atoms with Crippen LogP contribution >= 0.6 is 12.2 Å². The summed E-state index contributed by atoms with van der Waals surface area (Å²) in [5, 5.41) is 9.13. The van der Waals surface area contributed by atoms with Crippen molar-refractivity contribution in [2.45, 2.75) is 6.10 Å². The number of nitrogens with zero attached hydrogens (tertiary/aromatic N) is 1. The first-order chi connectivity index (χ1) is 8.99. The third kappa shape index (κ3) is 2.99. The number of phenolic OH excluding ortho intramolecular Hbond substituents is 1. The zero-order valence-corrected chi connectivity index (χ0v) is 10.8. The van der Waals surface area contributed by atoms with Crippen molar-refractivity contribution in [2.75, 3.05) is 19.7 Å². The van der Waals surface area contributed by atoms with Crippen molar-refractivity contribution in [2.24, 2.45) is 5.73 Å². The highest BCUT2D eigenvalue weighted by Gasteiger charge is 2.27. The molecule has 0 aromatic heterocycles. The van der Waals surface area contributed by atoms with Gasteiger partial charge in [-0.2, -0.15) is 0 Å². The average Bonchev–Trinajstić information content (AvgIpc) is 2.38. The predicted octanol–water partition coefficient (Wildman–Crippen LogP) is 0.658. The van der Waals surface area contributed by atoms with E-state index in [4.69, 9.17) is 27.8 Å². The van der Waals surface area contributed by atoms with E-state index in [9.17, 15) is 9.18 Å². The highest BCUT2D eigenvalue weighted by Crippen LogP contribution is 2.18. The van der Waals surface area contributed by atoms with Crippen molar-refractivity contribution in [3.05, 3.63) is 29.6 Å². The number of amides is 1. The fraction of sp³-hybridized carbons (Fsp3) is 0.333. The number of halogens is 1. The van der Waals surface area contributed by atoms with Gasteiger partial charge in [-0.1, -0.05) is 12.2 Å². The van der Waals surface area contributed by atoms with E-state index in [2.05, 4.69) is 0 Å².